The molecule has 0 saturated heterocycles. The molecule has 1 rings (SSSR count). The first-order valence-electron chi connectivity index (χ1n) is 4.16. The number of rotatable bonds is 2. The maximum absolute atomic E-state index is 11.1. The summed E-state index contributed by atoms with van der Waals surface area (Å²) in [6, 6.07) is 7.70. The molecule has 1 aromatic rings. The van der Waals surface area contributed by atoms with Gasteiger partial charge in [0, 0.05) is 10.0 Å². The molecule has 2 nitrogen and oxygen atoms in total. The van der Waals surface area contributed by atoms with Gasteiger partial charge in [-0.3, -0.25) is 0 Å². The lowest BCUT2D eigenvalue weighted by molar-refractivity contribution is -0.135. The van der Waals surface area contributed by atoms with Gasteiger partial charge in [-0.25, -0.2) is 4.79 Å². The van der Waals surface area contributed by atoms with Crippen molar-refractivity contribution < 1.29 is 9.53 Å². The number of carbonyl (C=O) groups excluding carboxylic acids is 1. The van der Waals surface area contributed by atoms with Crippen LogP contribution < -0.4 is 0 Å². The van der Waals surface area contributed by atoms with Crippen LogP contribution in [0.1, 0.15) is 12.5 Å². The van der Waals surface area contributed by atoms with Crippen LogP contribution in [0.2, 0.25) is 0 Å². The summed E-state index contributed by atoms with van der Waals surface area (Å²) in [6.07, 6.45) is 1.79. The predicted octanol–water partition coefficient (Wildman–Crippen LogP) is 3.03. The number of carbonyl (C=O) groups is 1. The van der Waals surface area contributed by atoms with Crippen LogP contribution in [0.5, 0.6) is 0 Å². The van der Waals surface area contributed by atoms with E-state index in [0.29, 0.717) is 5.57 Å². The molecule has 0 aliphatic carbocycles. The highest BCUT2D eigenvalue weighted by Crippen LogP contribution is 2.18. The van der Waals surface area contributed by atoms with Crippen LogP contribution in [0.3, 0.4) is 0 Å². The van der Waals surface area contributed by atoms with E-state index in [2.05, 4.69) is 20.7 Å². The molecule has 0 fully saturated rings. The van der Waals surface area contributed by atoms with Gasteiger partial charge in [0.25, 0.3) is 0 Å². The lowest BCUT2D eigenvalue weighted by atomic mass is 10.1. The molecule has 74 valence electrons. The van der Waals surface area contributed by atoms with Crippen molar-refractivity contribution in [2.75, 3.05) is 7.11 Å². The molecule has 0 saturated carbocycles. The monoisotopic (exact) mass is 254 g/mol. The minimum atomic E-state index is -0.305. The van der Waals surface area contributed by atoms with E-state index in [-0.39, 0.29) is 5.97 Å². The van der Waals surface area contributed by atoms with Gasteiger partial charge in [0.05, 0.1) is 7.11 Å². The summed E-state index contributed by atoms with van der Waals surface area (Å²) in [5, 5.41) is 0. The van der Waals surface area contributed by atoms with E-state index in [1.165, 1.54) is 7.11 Å². The molecule has 0 amide bonds. The Morgan fingerprint density at radius 1 is 1.43 bits per heavy atom. The van der Waals surface area contributed by atoms with Crippen LogP contribution in [0.4, 0.5) is 0 Å². The summed E-state index contributed by atoms with van der Waals surface area (Å²) in [6.45, 7) is 1.73. The third-order valence-corrected chi connectivity index (χ3v) is 2.51. The SMILES string of the molecule is COC(=O)/C(C)=C/c1ccccc1Br. The lowest BCUT2D eigenvalue weighted by Gasteiger charge is -2.00. The molecule has 0 spiro atoms. The Labute approximate surface area is 91.7 Å². The van der Waals surface area contributed by atoms with Gasteiger partial charge < -0.3 is 4.74 Å². The predicted molar refractivity (Wildman–Crippen MR) is 59.8 cm³/mol. The number of esters is 1. The molecular weight excluding hydrogens is 244 g/mol. The van der Waals surface area contributed by atoms with Crippen molar-refractivity contribution in [2.24, 2.45) is 0 Å². The van der Waals surface area contributed by atoms with Crippen LogP contribution in [0.25, 0.3) is 6.08 Å². The minimum Gasteiger partial charge on any atom is -0.466 e. The maximum Gasteiger partial charge on any atom is 0.333 e. The summed E-state index contributed by atoms with van der Waals surface area (Å²) >= 11 is 3.40. The van der Waals surface area contributed by atoms with E-state index < -0.39 is 0 Å². The Morgan fingerprint density at radius 2 is 2.07 bits per heavy atom. The Bertz CT molecular complexity index is 369. The van der Waals surface area contributed by atoms with Crippen molar-refractivity contribution in [1.29, 1.82) is 0 Å². The highest BCUT2D eigenvalue weighted by molar-refractivity contribution is 9.10. The van der Waals surface area contributed by atoms with E-state index in [1.807, 2.05) is 24.3 Å². The second-order valence-electron chi connectivity index (χ2n) is 2.84. The van der Waals surface area contributed by atoms with Crippen molar-refractivity contribution in [3.8, 4) is 0 Å². The van der Waals surface area contributed by atoms with Crippen LogP contribution in [0, 0.1) is 0 Å². The largest absolute Gasteiger partial charge is 0.466 e. The Balaban J connectivity index is 2.97. The summed E-state index contributed by atoms with van der Waals surface area (Å²) < 4.78 is 5.56. The minimum absolute atomic E-state index is 0.305. The number of methoxy groups -OCH3 is 1. The number of hydrogen-bond acceptors (Lipinski definition) is 2. The van der Waals surface area contributed by atoms with Crippen LogP contribution in [0.15, 0.2) is 34.3 Å². The van der Waals surface area contributed by atoms with Crippen molar-refractivity contribution in [1.82, 2.24) is 0 Å². The number of halogens is 1. The quantitative estimate of drug-likeness (QED) is 0.599. The van der Waals surface area contributed by atoms with E-state index in [4.69, 9.17) is 0 Å². The maximum atomic E-state index is 11.1. The zero-order chi connectivity index (χ0) is 10.6. The smallest absolute Gasteiger partial charge is 0.333 e. The summed E-state index contributed by atoms with van der Waals surface area (Å²) in [7, 11) is 1.37. The van der Waals surface area contributed by atoms with Crippen molar-refractivity contribution in [3.63, 3.8) is 0 Å². The topological polar surface area (TPSA) is 26.3 Å². The molecule has 0 atom stereocenters. The average Bonchev–Trinajstić information content (AvgIpc) is 2.20. The Kier molecular flexibility index (Phi) is 3.89. The molecular formula is C11H11BrO2. The van der Waals surface area contributed by atoms with Gasteiger partial charge in [0.15, 0.2) is 0 Å². The normalized spacial score (nSPS) is 11.2. The second kappa shape index (κ2) is 4.96. The van der Waals surface area contributed by atoms with Gasteiger partial charge in [0.1, 0.15) is 0 Å². The summed E-state index contributed by atoms with van der Waals surface area (Å²) in [5.41, 5.74) is 1.55. The van der Waals surface area contributed by atoms with Gasteiger partial charge in [-0.05, 0) is 24.6 Å². The first-order valence-corrected chi connectivity index (χ1v) is 4.95. The standard InChI is InChI=1S/C11H11BrO2/c1-8(11(13)14-2)7-9-5-3-4-6-10(9)12/h3-7H,1-2H3/b8-7+. The Morgan fingerprint density at radius 3 is 2.64 bits per heavy atom. The molecule has 0 heterocycles. The third kappa shape index (κ3) is 2.70. The second-order valence-corrected chi connectivity index (χ2v) is 3.69. The number of hydrogen-bond donors (Lipinski definition) is 0. The molecule has 0 aliphatic rings. The van der Waals surface area contributed by atoms with Gasteiger partial charge in [-0.15, -0.1) is 0 Å². The highest BCUT2D eigenvalue weighted by atomic mass is 79.9. The fraction of sp³-hybridized carbons (Fsp3) is 0.182. The third-order valence-electron chi connectivity index (χ3n) is 1.78. The highest BCUT2D eigenvalue weighted by Gasteiger charge is 2.03. The lowest BCUT2D eigenvalue weighted by Crippen LogP contribution is -2.00. The van der Waals surface area contributed by atoms with Crippen LogP contribution >= 0.6 is 15.9 Å². The molecule has 0 aliphatic heterocycles. The zero-order valence-corrected chi connectivity index (χ0v) is 9.67. The first-order chi connectivity index (χ1) is 6.65. The molecule has 0 unspecified atom stereocenters. The van der Waals surface area contributed by atoms with Crippen LogP contribution in [-0.4, -0.2) is 13.1 Å². The van der Waals surface area contributed by atoms with Gasteiger partial charge >= 0.3 is 5.97 Å². The fourth-order valence-corrected chi connectivity index (χ4v) is 1.44. The summed E-state index contributed by atoms with van der Waals surface area (Å²) in [5.74, 6) is -0.305. The molecule has 0 aromatic heterocycles. The molecule has 14 heavy (non-hydrogen) atoms. The first kappa shape index (κ1) is 11.0. The average molecular weight is 255 g/mol. The fourth-order valence-electron chi connectivity index (χ4n) is 1.05. The van der Waals surface area contributed by atoms with Crippen molar-refractivity contribution in [2.45, 2.75) is 6.92 Å². The molecule has 0 N–H and O–H groups in total. The van der Waals surface area contributed by atoms with Crippen LogP contribution in [-0.2, 0) is 9.53 Å². The molecule has 1 aromatic carbocycles. The molecule has 3 heteroatoms. The van der Waals surface area contributed by atoms with Gasteiger partial charge in [0.2, 0.25) is 0 Å². The number of benzene rings is 1. The van der Waals surface area contributed by atoms with Crippen molar-refractivity contribution in [3.05, 3.63) is 39.9 Å². The van der Waals surface area contributed by atoms with E-state index in [9.17, 15) is 4.79 Å². The molecule has 0 bridgehead atoms. The van der Waals surface area contributed by atoms with Gasteiger partial charge in [-0.2, -0.15) is 0 Å². The van der Waals surface area contributed by atoms with E-state index in [1.54, 1.807) is 13.0 Å². The Hall–Kier alpha value is -1.09. The van der Waals surface area contributed by atoms with E-state index in [0.717, 1.165) is 10.0 Å². The number of ether oxygens (including phenoxy) is 1. The van der Waals surface area contributed by atoms with E-state index >= 15 is 0 Å². The molecule has 0 radical (unpaired) electrons. The van der Waals surface area contributed by atoms with Crippen molar-refractivity contribution >= 4 is 28.0 Å². The zero-order valence-electron chi connectivity index (χ0n) is 8.08. The summed E-state index contributed by atoms with van der Waals surface area (Å²) in [4.78, 5) is 11.1. The van der Waals surface area contributed by atoms with Gasteiger partial charge in [-0.1, -0.05) is 34.1 Å².